The van der Waals surface area contributed by atoms with Crippen molar-refractivity contribution in [2.45, 2.75) is 31.8 Å². The van der Waals surface area contributed by atoms with Crippen molar-refractivity contribution in [1.82, 2.24) is 5.32 Å². The monoisotopic (exact) mass is 286 g/mol. The Kier molecular flexibility index (Phi) is 6.18. The summed E-state index contributed by atoms with van der Waals surface area (Å²) in [4.78, 5) is 0. The number of hydrogen-bond donors (Lipinski definition) is 2. The first-order valence-electron chi connectivity index (χ1n) is 7.69. The van der Waals surface area contributed by atoms with Crippen LogP contribution in [0.15, 0.2) is 42.5 Å². The lowest BCUT2D eigenvalue weighted by Gasteiger charge is -2.24. The molecule has 3 N–H and O–H groups in total. The first-order valence-corrected chi connectivity index (χ1v) is 7.69. The maximum Gasteiger partial charge on any atom is 0.0616 e. The van der Waals surface area contributed by atoms with Crippen molar-refractivity contribution in [3.8, 4) is 0 Å². The van der Waals surface area contributed by atoms with Gasteiger partial charge in [0.2, 0.25) is 0 Å². The van der Waals surface area contributed by atoms with Crippen LogP contribution in [0, 0.1) is 0 Å². The van der Waals surface area contributed by atoms with E-state index in [4.69, 9.17) is 10.5 Å². The Morgan fingerprint density at radius 2 is 1.90 bits per heavy atom. The summed E-state index contributed by atoms with van der Waals surface area (Å²) < 4.78 is 5.32. The highest BCUT2D eigenvalue weighted by molar-refractivity contribution is 5.86. The van der Waals surface area contributed by atoms with Gasteiger partial charge < -0.3 is 15.8 Å². The van der Waals surface area contributed by atoms with Gasteiger partial charge in [-0.3, -0.25) is 0 Å². The molecule has 0 aromatic heterocycles. The van der Waals surface area contributed by atoms with E-state index in [0.29, 0.717) is 6.04 Å². The lowest BCUT2D eigenvalue weighted by atomic mass is 9.98. The molecule has 21 heavy (non-hydrogen) atoms. The Bertz CT molecular complexity index is 550. The van der Waals surface area contributed by atoms with E-state index < -0.39 is 0 Å². The van der Waals surface area contributed by atoms with E-state index in [1.165, 1.54) is 16.3 Å². The minimum atomic E-state index is 0.286. The zero-order valence-corrected chi connectivity index (χ0v) is 13.0. The van der Waals surface area contributed by atoms with E-state index in [1.807, 2.05) is 0 Å². The molecule has 0 heterocycles. The normalized spacial score (nSPS) is 14.2. The second-order valence-electron chi connectivity index (χ2n) is 5.54. The highest BCUT2D eigenvalue weighted by atomic mass is 16.5. The SMILES string of the molecule is COCC(CCCN)NC(C)c1cccc2ccccc12. The summed E-state index contributed by atoms with van der Waals surface area (Å²) in [7, 11) is 1.75. The molecule has 2 unspecified atom stereocenters. The number of benzene rings is 2. The van der Waals surface area contributed by atoms with Gasteiger partial charge in [0.1, 0.15) is 0 Å². The van der Waals surface area contributed by atoms with Crippen molar-refractivity contribution < 1.29 is 4.74 Å². The fourth-order valence-corrected chi connectivity index (χ4v) is 2.85. The Morgan fingerprint density at radius 3 is 2.67 bits per heavy atom. The number of nitrogens with two attached hydrogens (primary N) is 1. The molecule has 0 fully saturated rings. The van der Waals surface area contributed by atoms with E-state index in [9.17, 15) is 0 Å². The van der Waals surface area contributed by atoms with Crippen LogP contribution >= 0.6 is 0 Å². The van der Waals surface area contributed by atoms with Crippen LogP contribution in [-0.2, 0) is 4.74 Å². The second-order valence-corrected chi connectivity index (χ2v) is 5.54. The predicted octanol–water partition coefficient (Wildman–Crippen LogP) is 3.24. The van der Waals surface area contributed by atoms with Gasteiger partial charge in [-0.25, -0.2) is 0 Å². The summed E-state index contributed by atoms with van der Waals surface area (Å²) >= 11 is 0. The molecule has 0 saturated heterocycles. The average molecular weight is 286 g/mol. The molecule has 0 radical (unpaired) electrons. The van der Waals surface area contributed by atoms with Crippen molar-refractivity contribution in [3.63, 3.8) is 0 Å². The Balaban J connectivity index is 2.15. The molecule has 0 saturated carbocycles. The summed E-state index contributed by atoms with van der Waals surface area (Å²) in [6, 6.07) is 15.6. The Hall–Kier alpha value is -1.42. The minimum Gasteiger partial charge on any atom is -0.383 e. The molecule has 0 amide bonds. The number of hydrogen-bond acceptors (Lipinski definition) is 3. The van der Waals surface area contributed by atoms with Crippen LogP contribution in [0.25, 0.3) is 10.8 Å². The van der Waals surface area contributed by atoms with E-state index in [2.05, 4.69) is 54.7 Å². The molecule has 0 aliphatic rings. The highest BCUT2D eigenvalue weighted by Crippen LogP contribution is 2.24. The summed E-state index contributed by atoms with van der Waals surface area (Å²) in [5.74, 6) is 0. The Labute approximate surface area is 127 Å². The van der Waals surface area contributed by atoms with Crippen LogP contribution in [-0.4, -0.2) is 26.3 Å². The van der Waals surface area contributed by atoms with Gasteiger partial charge in [-0.1, -0.05) is 42.5 Å². The largest absolute Gasteiger partial charge is 0.383 e. The van der Waals surface area contributed by atoms with Gasteiger partial charge in [-0.15, -0.1) is 0 Å². The summed E-state index contributed by atoms with van der Waals surface area (Å²) in [5, 5.41) is 6.28. The molecular formula is C18H26N2O. The third kappa shape index (κ3) is 4.27. The van der Waals surface area contributed by atoms with Crippen LogP contribution in [0.3, 0.4) is 0 Å². The lowest BCUT2D eigenvalue weighted by Crippen LogP contribution is -2.35. The molecule has 2 rings (SSSR count). The molecule has 2 aromatic rings. The molecule has 3 nitrogen and oxygen atoms in total. The standard InChI is InChI=1S/C18H26N2O/c1-14(20-16(13-21-2)9-6-12-19)17-11-5-8-15-7-3-4-10-18(15)17/h3-5,7-8,10-11,14,16,20H,6,9,12-13,19H2,1-2H3. The summed E-state index contributed by atoms with van der Waals surface area (Å²) in [5.41, 5.74) is 6.96. The van der Waals surface area contributed by atoms with Gasteiger partial charge in [-0.05, 0) is 42.6 Å². The highest BCUT2D eigenvalue weighted by Gasteiger charge is 2.14. The molecule has 0 aliphatic heterocycles. The molecular weight excluding hydrogens is 260 g/mol. The first kappa shape index (κ1) is 16.0. The fraction of sp³-hybridized carbons (Fsp3) is 0.444. The van der Waals surface area contributed by atoms with Crippen LogP contribution in [0.1, 0.15) is 31.4 Å². The maximum atomic E-state index is 5.62. The van der Waals surface area contributed by atoms with E-state index in [1.54, 1.807) is 7.11 Å². The van der Waals surface area contributed by atoms with Crippen LogP contribution in [0.4, 0.5) is 0 Å². The smallest absolute Gasteiger partial charge is 0.0616 e. The molecule has 0 spiro atoms. The molecule has 0 aliphatic carbocycles. The third-order valence-electron chi connectivity index (χ3n) is 3.90. The van der Waals surface area contributed by atoms with E-state index >= 15 is 0 Å². The van der Waals surface area contributed by atoms with Crippen LogP contribution < -0.4 is 11.1 Å². The first-order chi connectivity index (χ1) is 10.3. The van der Waals surface area contributed by atoms with E-state index in [0.717, 1.165) is 26.0 Å². The second kappa shape index (κ2) is 8.13. The van der Waals surface area contributed by atoms with Gasteiger partial charge in [-0.2, -0.15) is 0 Å². The summed E-state index contributed by atoms with van der Waals surface area (Å²) in [6.07, 6.45) is 2.06. The third-order valence-corrected chi connectivity index (χ3v) is 3.90. The summed E-state index contributed by atoms with van der Waals surface area (Å²) in [6.45, 7) is 3.66. The zero-order valence-electron chi connectivity index (χ0n) is 13.0. The van der Waals surface area contributed by atoms with Crippen molar-refractivity contribution in [3.05, 3.63) is 48.0 Å². The van der Waals surface area contributed by atoms with Crippen molar-refractivity contribution >= 4 is 10.8 Å². The number of nitrogens with one attached hydrogen (secondary N) is 1. The van der Waals surface area contributed by atoms with Crippen LogP contribution in [0.5, 0.6) is 0 Å². The van der Waals surface area contributed by atoms with Gasteiger partial charge >= 0.3 is 0 Å². The number of ether oxygens (including phenoxy) is 1. The average Bonchev–Trinajstić information content (AvgIpc) is 2.52. The van der Waals surface area contributed by atoms with Gasteiger partial charge in [0.15, 0.2) is 0 Å². The molecule has 2 aromatic carbocycles. The van der Waals surface area contributed by atoms with Crippen molar-refractivity contribution in [1.29, 1.82) is 0 Å². The maximum absolute atomic E-state index is 5.62. The zero-order chi connectivity index (χ0) is 15.1. The van der Waals surface area contributed by atoms with Gasteiger partial charge in [0.25, 0.3) is 0 Å². The number of rotatable bonds is 8. The van der Waals surface area contributed by atoms with Crippen molar-refractivity contribution in [2.24, 2.45) is 5.73 Å². The fourth-order valence-electron chi connectivity index (χ4n) is 2.85. The Morgan fingerprint density at radius 1 is 1.14 bits per heavy atom. The molecule has 0 bridgehead atoms. The molecule has 2 atom stereocenters. The van der Waals surface area contributed by atoms with E-state index in [-0.39, 0.29) is 6.04 Å². The van der Waals surface area contributed by atoms with Crippen molar-refractivity contribution in [2.75, 3.05) is 20.3 Å². The molecule has 114 valence electrons. The number of fused-ring (bicyclic) bond motifs is 1. The van der Waals surface area contributed by atoms with Gasteiger partial charge in [0.05, 0.1) is 6.61 Å². The minimum absolute atomic E-state index is 0.286. The van der Waals surface area contributed by atoms with Crippen LogP contribution in [0.2, 0.25) is 0 Å². The molecule has 3 heteroatoms. The number of methoxy groups -OCH3 is 1. The topological polar surface area (TPSA) is 47.3 Å². The lowest BCUT2D eigenvalue weighted by molar-refractivity contribution is 0.157. The quantitative estimate of drug-likeness (QED) is 0.783. The van der Waals surface area contributed by atoms with Gasteiger partial charge in [0, 0.05) is 19.2 Å². The predicted molar refractivity (Wildman–Crippen MR) is 89.5 cm³/mol.